The van der Waals surface area contributed by atoms with Gasteiger partial charge in [-0.15, -0.1) is 0 Å². The summed E-state index contributed by atoms with van der Waals surface area (Å²) in [5.41, 5.74) is 1.11. The van der Waals surface area contributed by atoms with E-state index in [0.29, 0.717) is 26.4 Å². The number of hydrogen-bond donors (Lipinski definition) is 0. The van der Waals surface area contributed by atoms with E-state index in [1.54, 1.807) is 4.90 Å². The molecule has 0 N–H and O–H groups in total. The number of amides is 1. The van der Waals surface area contributed by atoms with E-state index in [1.807, 2.05) is 43.3 Å². The van der Waals surface area contributed by atoms with Crippen LogP contribution in [0.4, 0.5) is 4.79 Å². The third-order valence-corrected chi connectivity index (χ3v) is 10.0. The Hall–Kier alpha value is -1.63. The predicted molar refractivity (Wildman–Crippen MR) is 115 cm³/mol. The number of ether oxygens (including phenoxy) is 2. The fraction of sp³-hybridized carbons (Fsp3) is 0.591. The lowest BCUT2D eigenvalue weighted by atomic mass is 10.1. The molecule has 28 heavy (non-hydrogen) atoms. The number of carbonyl (C=O) groups is 1. The van der Waals surface area contributed by atoms with Gasteiger partial charge in [0.05, 0.1) is 32.0 Å². The Morgan fingerprint density at radius 3 is 2.50 bits per heavy atom. The summed E-state index contributed by atoms with van der Waals surface area (Å²) in [7, 11) is -2.01. The molecule has 0 unspecified atom stereocenters. The van der Waals surface area contributed by atoms with E-state index in [4.69, 9.17) is 13.9 Å². The lowest BCUT2D eigenvalue weighted by molar-refractivity contribution is 0.00155. The molecule has 5 nitrogen and oxygen atoms in total. The van der Waals surface area contributed by atoms with E-state index in [0.717, 1.165) is 5.56 Å². The zero-order valence-electron chi connectivity index (χ0n) is 18.1. The van der Waals surface area contributed by atoms with Gasteiger partial charge in [-0.2, -0.15) is 0 Å². The topological polar surface area (TPSA) is 48.0 Å². The summed E-state index contributed by atoms with van der Waals surface area (Å²) in [5.74, 6) is 0. The summed E-state index contributed by atoms with van der Waals surface area (Å²) < 4.78 is 17.9. The van der Waals surface area contributed by atoms with Crippen LogP contribution in [-0.4, -0.2) is 51.2 Å². The largest absolute Gasteiger partial charge is 0.450 e. The molecule has 2 rings (SSSR count). The first-order valence-electron chi connectivity index (χ1n) is 10.0. The normalized spacial score (nSPS) is 20.3. The minimum atomic E-state index is -2.01. The highest BCUT2D eigenvalue weighted by Crippen LogP contribution is 2.38. The van der Waals surface area contributed by atoms with Crippen LogP contribution >= 0.6 is 0 Å². The van der Waals surface area contributed by atoms with E-state index in [-0.39, 0.29) is 23.3 Å². The Morgan fingerprint density at radius 1 is 1.21 bits per heavy atom. The smallest absolute Gasteiger partial charge is 0.410 e. The van der Waals surface area contributed by atoms with Gasteiger partial charge in [-0.05, 0) is 30.6 Å². The third-order valence-electron chi connectivity index (χ3n) is 5.55. The van der Waals surface area contributed by atoms with Crippen LogP contribution in [0.2, 0.25) is 18.1 Å². The Kier molecular flexibility index (Phi) is 7.86. The summed E-state index contributed by atoms with van der Waals surface area (Å²) in [6, 6.07) is 9.84. The predicted octanol–water partition coefficient (Wildman–Crippen LogP) is 4.99. The molecule has 1 aromatic carbocycles. The van der Waals surface area contributed by atoms with Crippen molar-refractivity contribution in [1.29, 1.82) is 0 Å². The highest BCUT2D eigenvalue weighted by Gasteiger charge is 2.42. The SMILES string of the molecule is CCOC(=O)N1CC=C[C@@H](O[Si](C)(C)C(C)(C)C)[C@H]1COCc1ccccc1. The Morgan fingerprint density at radius 2 is 1.89 bits per heavy atom. The van der Waals surface area contributed by atoms with Crippen molar-refractivity contribution < 1.29 is 18.7 Å². The van der Waals surface area contributed by atoms with E-state index in [9.17, 15) is 4.79 Å². The molecule has 1 heterocycles. The first-order valence-corrected chi connectivity index (χ1v) is 13.0. The molecular weight excluding hydrogens is 370 g/mol. The highest BCUT2D eigenvalue weighted by atomic mass is 28.4. The molecule has 1 amide bonds. The van der Waals surface area contributed by atoms with Gasteiger partial charge in [0.2, 0.25) is 0 Å². The molecule has 0 aromatic heterocycles. The molecule has 0 aliphatic carbocycles. The number of hydrogen-bond acceptors (Lipinski definition) is 4. The fourth-order valence-electron chi connectivity index (χ4n) is 2.86. The van der Waals surface area contributed by atoms with Crippen molar-refractivity contribution in [3.8, 4) is 0 Å². The average Bonchev–Trinajstić information content (AvgIpc) is 2.62. The lowest BCUT2D eigenvalue weighted by Gasteiger charge is -2.44. The summed E-state index contributed by atoms with van der Waals surface area (Å²) in [4.78, 5) is 14.2. The van der Waals surface area contributed by atoms with Crippen LogP contribution in [0.1, 0.15) is 33.3 Å². The second-order valence-corrected chi connectivity index (χ2v) is 13.4. The van der Waals surface area contributed by atoms with Gasteiger partial charge < -0.3 is 13.9 Å². The van der Waals surface area contributed by atoms with Crippen molar-refractivity contribution in [2.24, 2.45) is 0 Å². The van der Waals surface area contributed by atoms with Gasteiger partial charge in [-0.25, -0.2) is 4.79 Å². The molecule has 0 saturated carbocycles. The number of rotatable bonds is 7. The van der Waals surface area contributed by atoms with Crippen LogP contribution in [0.3, 0.4) is 0 Å². The highest BCUT2D eigenvalue weighted by molar-refractivity contribution is 6.74. The standard InChI is InChI=1S/C22H35NO4Si/c1-7-26-21(24)23-15-11-14-20(27-28(5,6)22(2,3)4)19(23)17-25-16-18-12-9-8-10-13-18/h8-14,19-20H,7,15-17H2,1-6H3/t19-,20-/m1/s1. The number of carbonyl (C=O) groups excluding carboxylic acids is 1. The van der Waals surface area contributed by atoms with Crippen LogP contribution in [-0.2, 0) is 20.5 Å². The molecule has 0 fully saturated rings. The Labute approximate surface area is 170 Å². The van der Waals surface area contributed by atoms with Crippen molar-refractivity contribution in [2.45, 2.75) is 64.6 Å². The minimum Gasteiger partial charge on any atom is -0.450 e. The van der Waals surface area contributed by atoms with Crippen LogP contribution < -0.4 is 0 Å². The van der Waals surface area contributed by atoms with Gasteiger partial charge in [0, 0.05) is 6.54 Å². The van der Waals surface area contributed by atoms with Crippen molar-refractivity contribution in [2.75, 3.05) is 19.8 Å². The summed E-state index contributed by atoms with van der Waals surface area (Å²) in [6.45, 7) is 14.7. The molecule has 0 radical (unpaired) electrons. The molecule has 0 saturated heterocycles. The summed E-state index contributed by atoms with van der Waals surface area (Å²) in [6.07, 6.45) is 3.55. The van der Waals surface area contributed by atoms with Gasteiger partial charge in [-0.1, -0.05) is 63.3 Å². The average molecular weight is 406 g/mol. The molecule has 1 aliphatic heterocycles. The molecule has 1 aliphatic rings. The van der Waals surface area contributed by atoms with Gasteiger partial charge in [0.15, 0.2) is 8.32 Å². The third kappa shape index (κ3) is 5.93. The van der Waals surface area contributed by atoms with Crippen molar-refractivity contribution in [3.05, 3.63) is 48.0 Å². The maximum atomic E-state index is 12.5. The van der Waals surface area contributed by atoms with Crippen molar-refractivity contribution in [1.82, 2.24) is 4.90 Å². The minimum absolute atomic E-state index is 0.0858. The fourth-order valence-corrected chi connectivity index (χ4v) is 4.13. The van der Waals surface area contributed by atoms with Crippen molar-refractivity contribution in [3.63, 3.8) is 0 Å². The molecule has 156 valence electrons. The van der Waals surface area contributed by atoms with Gasteiger partial charge in [0.25, 0.3) is 0 Å². The Balaban J connectivity index is 2.14. The van der Waals surface area contributed by atoms with Crippen LogP contribution in [0.25, 0.3) is 0 Å². The maximum Gasteiger partial charge on any atom is 0.410 e. The van der Waals surface area contributed by atoms with E-state index in [2.05, 4.69) is 39.9 Å². The molecule has 0 spiro atoms. The Bertz CT molecular complexity index is 654. The van der Waals surface area contributed by atoms with Crippen molar-refractivity contribution >= 4 is 14.4 Å². The quantitative estimate of drug-likeness (QED) is 0.474. The van der Waals surface area contributed by atoms with E-state index in [1.165, 1.54) is 0 Å². The number of benzene rings is 1. The zero-order valence-corrected chi connectivity index (χ0v) is 19.1. The molecule has 2 atom stereocenters. The van der Waals surface area contributed by atoms with Gasteiger partial charge in [0.1, 0.15) is 0 Å². The van der Waals surface area contributed by atoms with Gasteiger partial charge in [-0.3, -0.25) is 4.90 Å². The summed E-state index contributed by atoms with van der Waals surface area (Å²) in [5, 5.41) is 0.0858. The van der Waals surface area contributed by atoms with Crippen LogP contribution in [0.5, 0.6) is 0 Å². The second kappa shape index (κ2) is 9.72. The van der Waals surface area contributed by atoms with Gasteiger partial charge >= 0.3 is 6.09 Å². The van der Waals surface area contributed by atoms with Crippen LogP contribution in [0.15, 0.2) is 42.5 Å². The first-order chi connectivity index (χ1) is 13.2. The summed E-state index contributed by atoms with van der Waals surface area (Å²) >= 11 is 0. The molecular formula is C22H35NO4Si. The molecule has 1 aromatic rings. The van der Waals surface area contributed by atoms with E-state index < -0.39 is 8.32 Å². The lowest BCUT2D eigenvalue weighted by Crippen LogP contribution is -2.56. The molecule has 0 bridgehead atoms. The van der Waals surface area contributed by atoms with Crippen LogP contribution in [0, 0.1) is 0 Å². The monoisotopic (exact) mass is 405 g/mol. The number of nitrogens with zero attached hydrogens (tertiary/aromatic N) is 1. The zero-order chi connectivity index (χ0) is 20.8. The van der Waals surface area contributed by atoms with E-state index >= 15 is 0 Å². The second-order valence-electron chi connectivity index (χ2n) is 8.69. The first kappa shape index (κ1) is 22.7. The maximum absolute atomic E-state index is 12.5. The molecule has 6 heteroatoms.